The number of rotatable bonds is 4. The Bertz CT molecular complexity index is 252. The number of hydrogen-bond acceptors (Lipinski definition) is 5. The molecule has 5 atom stereocenters. The largest absolute Gasteiger partial charge is 0.388 e. The van der Waals surface area contributed by atoms with Crippen molar-refractivity contribution < 1.29 is 28.6 Å². The third-order valence-corrected chi connectivity index (χ3v) is 2.95. The molecule has 0 aromatic carbocycles. The predicted octanol–water partition coefficient (Wildman–Crippen LogP) is -0.0186. The Morgan fingerprint density at radius 2 is 2.13 bits per heavy atom. The Labute approximate surface area is 88.7 Å². The van der Waals surface area contributed by atoms with Crippen LogP contribution in [0.2, 0.25) is 0 Å². The van der Waals surface area contributed by atoms with Crippen LogP contribution < -0.4 is 0 Å². The third kappa shape index (κ3) is 3.52. The summed E-state index contributed by atoms with van der Waals surface area (Å²) in [5, 5.41) is 9.62. The van der Waals surface area contributed by atoms with Gasteiger partial charge in [-0.1, -0.05) is 0 Å². The molecule has 0 radical (unpaired) electrons. The maximum absolute atomic E-state index is 10.9. The minimum atomic E-state index is -3.51. The lowest BCUT2D eigenvalue weighted by Crippen LogP contribution is -2.35. The van der Waals surface area contributed by atoms with Crippen LogP contribution in [-0.2, 0) is 18.6 Å². The van der Waals surface area contributed by atoms with Crippen molar-refractivity contribution in [3.05, 3.63) is 0 Å². The summed E-state index contributed by atoms with van der Waals surface area (Å²) >= 11 is 0. The van der Waals surface area contributed by atoms with E-state index in [1.807, 2.05) is 0 Å². The van der Waals surface area contributed by atoms with Crippen LogP contribution in [-0.4, -0.2) is 54.8 Å². The average molecular weight is 240 g/mol. The third-order valence-electron chi connectivity index (χ3n) is 2.32. The molecular weight excluding hydrogens is 223 g/mol. The second kappa shape index (κ2) is 4.91. The number of ether oxygens (including phenoxy) is 2. The SMILES string of the molecule is CO[C@@H]1C(O)[C@H](C)O[C@@H]1COP(C)(=O)O. The molecule has 7 heteroatoms. The lowest BCUT2D eigenvalue weighted by atomic mass is 10.1. The molecule has 0 spiro atoms. The molecule has 1 saturated heterocycles. The molecular formula is C8H17O6P. The molecule has 15 heavy (non-hydrogen) atoms. The molecule has 1 rings (SSSR count). The van der Waals surface area contributed by atoms with Gasteiger partial charge in [0, 0.05) is 13.8 Å². The Kier molecular flexibility index (Phi) is 4.29. The van der Waals surface area contributed by atoms with Gasteiger partial charge >= 0.3 is 7.60 Å². The number of hydrogen-bond donors (Lipinski definition) is 2. The molecule has 1 aliphatic heterocycles. The van der Waals surface area contributed by atoms with Crippen LogP contribution in [0.1, 0.15) is 6.92 Å². The van der Waals surface area contributed by atoms with E-state index in [4.69, 9.17) is 18.9 Å². The summed E-state index contributed by atoms with van der Waals surface area (Å²) < 4.78 is 26.0. The van der Waals surface area contributed by atoms with Crippen molar-refractivity contribution in [2.75, 3.05) is 20.4 Å². The van der Waals surface area contributed by atoms with Crippen molar-refractivity contribution in [1.82, 2.24) is 0 Å². The van der Waals surface area contributed by atoms with Gasteiger partial charge in [-0.25, -0.2) is 0 Å². The molecule has 0 amide bonds. The molecule has 1 aliphatic rings. The molecule has 6 nitrogen and oxygen atoms in total. The maximum atomic E-state index is 10.9. The first-order chi connectivity index (χ1) is 6.85. The van der Waals surface area contributed by atoms with Gasteiger partial charge in [-0.15, -0.1) is 0 Å². The smallest absolute Gasteiger partial charge is 0.325 e. The normalized spacial score (nSPS) is 40.3. The topological polar surface area (TPSA) is 85.2 Å². The van der Waals surface area contributed by atoms with Gasteiger partial charge in [0.1, 0.15) is 18.3 Å². The van der Waals surface area contributed by atoms with Crippen LogP contribution in [0, 0.1) is 0 Å². The lowest BCUT2D eigenvalue weighted by molar-refractivity contribution is -0.0306. The maximum Gasteiger partial charge on any atom is 0.325 e. The van der Waals surface area contributed by atoms with E-state index in [2.05, 4.69) is 0 Å². The van der Waals surface area contributed by atoms with Gasteiger partial charge < -0.3 is 24.0 Å². The van der Waals surface area contributed by atoms with E-state index in [1.165, 1.54) is 7.11 Å². The fourth-order valence-corrected chi connectivity index (χ4v) is 1.98. The standard InChI is InChI=1S/C8H17O6P/c1-5-7(9)8(12-2)6(14-5)4-13-15(3,10)11/h5-9H,4H2,1-3H3,(H,10,11)/t5-,6+,7?,8-/m0/s1. The lowest BCUT2D eigenvalue weighted by Gasteiger charge is -2.19. The zero-order chi connectivity index (χ0) is 11.6. The van der Waals surface area contributed by atoms with Crippen LogP contribution in [0.25, 0.3) is 0 Å². The van der Waals surface area contributed by atoms with Gasteiger partial charge in [-0.2, -0.15) is 0 Å². The summed E-state index contributed by atoms with van der Waals surface area (Å²) in [7, 11) is -2.06. The van der Waals surface area contributed by atoms with Gasteiger partial charge in [0.05, 0.1) is 12.7 Å². The van der Waals surface area contributed by atoms with Crippen LogP contribution in [0.3, 0.4) is 0 Å². The molecule has 2 unspecified atom stereocenters. The van der Waals surface area contributed by atoms with Crippen molar-refractivity contribution in [2.45, 2.75) is 31.3 Å². The monoisotopic (exact) mass is 240 g/mol. The molecule has 1 fully saturated rings. The first-order valence-electron chi connectivity index (χ1n) is 4.66. The van der Waals surface area contributed by atoms with Crippen LogP contribution in [0.5, 0.6) is 0 Å². The summed E-state index contributed by atoms with van der Waals surface area (Å²) in [4.78, 5) is 8.94. The Morgan fingerprint density at radius 3 is 2.60 bits per heavy atom. The van der Waals surface area contributed by atoms with Crippen molar-refractivity contribution in [3.63, 3.8) is 0 Å². The Morgan fingerprint density at radius 1 is 1.53 bits per heavy atom. The van der Waals surface area contributed by atoms with E-state index in [9.17, 15) is 9.67 Å². The van der Waals surface area contributed by atoms with E-state index in [-0.39, 0.29) is 12.7 Å². The van der Waals surface area contributed by atoms with E-state index in [1.54, 1.807) is 6.92 Å². The highest BCUT2D eigenvalue weighted by atomic mass is 31.2. The minimum absolute atomic E-state index is 0.0653. The van der Waals surface area contributed by atoms with Crippen molar-refractivity contribution in [3.8, 4) is 0 Å². The second-order valence-electron chi connectivity index (χ2n) is 3.67. The molecule has 0 aromatic rings. The predicted molar refractivity (Wildman–Crippen MR) is 52.8 cm³/mol. The van der Waals surface area contributed by atoms with Crippen LogP contribution >= 0.6 is 7.60 Å². The van der Waals surface area contributed by atoms with Gasteiger partial charge in [-0.05, 0) is 6.92 Å². The van der Waals surface area contributed by atoms with E-state index in [0.717, 1.165) is 6.66 Å². The fourth-order valence-electron chi connectivity index (χ4n) is 1.56. The first kappa shape index (κ1) is 13.1. The van der Waals surface area contributed by atoms with Crippen LogP contribution in [0.4, 0.5) is 0 Å². The molecule has 0 aromatic heterocycles. The van der Waals surface area contributed by atoms with Gasteiger partial charge in [0.25, 0.3) is 0 Å². The van der Waals surface area contributed by atoms with E-state index in [0.29, 0.717) is 0 Å². The zero-order valence-corrected chi connectivity index (χ0v) is 9.89. The summed E-state index contributed by atoms with van der Waals surface area (Å²) in [6, 6.07) is 0. The van der Waals surface area contributed by atoms with Gasteiger partial charge in [0.15, 0.2) is 0 Å². The molecule has 1 heterocycles. The highest BCUT2D eigenvalue weighted by Gasteiger charge is 2.42. The van der Waals surface area contributed by atoms with Crippen molar-refractivity contribution in [1.29, 1.82) is 0 Å². The summed E-state index contributed by atoms with van der Waals surface area (Å²) in [5.74, 6) is 0. The number of methoxy groups -OCH3 is 1. The Balaban J connectivity index is 2.52. The van der Waals surface area contributed by atoms with E-state index < -0.39 is 25.9 Å². The summed E-state index contributed by atoms with van der Waals surface area (Å²) in [6.45, 7) is 2.75. The minimum Gasteiger partial charge on any atom is -0.388 e. The fraction of sp³-hybridized carbons (Fsp3) is 1.00. The van der Waals surface area contributed by atoms with Crippen molar-refractivity contribution >= 4 is 7.60 Å². The molecule has 0 aliphatic carbocycles. The summed E-state index contributed by atoms with van der Waals surface area (Å²) in [5.41, 5.74) is 0. The van der Waals surface area contributed by atoms with Crippen molar-refractivity contribution in [2.24, 2.45) is 0 Å². The first-order valence-corrected chi connectivity index (χ1v) is 6.68. The highest BCUT2D eigenvalue weighted by molar-refractivity contribution is 7.51. The average Bonchev–Trinajstić information content (AvgIpc) is 2.38. The Hall–Kier alpha value is 0.0300. The number of aliphatic hydroxyl groups is 1. The molecule has 2 N–H and O–H groups in total. The molecule has 0 bridgehead atoms. The molecule has 90 valence electrons. The van der Waals surface area contributed by atoms with Crippen LogP contribution in [0.15, 0.2) is 0 Å². The van der Waals surface area contributed by atoms with Gasteiger partial charge in [0.2, 0.25) is 0 Å². The number of aliphatic hydroxyl groups excluding tert-OH is 1. The quantitative estimate of drug-likeness (QED) is 0.672. The van der Waals surface area contributed by atoms with E-state index >= 15 is 0 Å². The van der Waals surface area contributed by atoms with Gasteiger partial charge in [-0.3, -0.25) is 4.57 Å². The highest BCUT2D eigenvalue weighted by Crippen LogP contribution is 2.38. The zero-order valence-electron chi connectivity index (χ0n) is 8.99. The second-order valence-corrected chi connectivity index (χ2v) is 5.53. The molecule has 0 saturated carbocycles. The summed E-state index contributed by atoms with van der Waals surface area (Å²) in [6.07, 6.45) is -2.14.